The zero-order valence-corrected chi connectivity index (χ0v) is 21.2. The molecule has 0 bridgehead atoms. The summed E-state index contributed by atoms with van der Waals surface area (Å²) in [6.45, 7) is 6.05. The molecule has 34 heavy (non-hydrogen) atoms. The number of rotatable bonds is 10. The summed E-state index contributed by atoms with van der Waals surface area (Å²) in [7, 11) is 0. The fourth-order valence-corrected chi connectivity index (χ4v) is 5.68. The Balaban J connectivity index is 1.29. The topological polar surface area (TPSA) is 18.5 Å². The van der Waals surface area contributed by atoms with Crippen LogP contribution in [0, 0.1) is 17.7 Å². The van der Waals surface area contributed by atoms with Gasteiger partial charge >= 0.3 is 0 Å². The monoisotopic (exact) mass is 466 g/mol. The first-order chi connectivity index (χ1) is 16.7. The Morgan fingerprint density at radius 1 is 0.765 bits per heavy atom. The molecule has 0 N–H and O–H groups in total. The van der Waals surface area contributed by atoms with Gasteiger partial charge in [-0.05, 0) is 61.1 Å². The summed E-state index contributed by atoms with van der Waals surface area (Å²) >= 11 is 0. The fraction of sp³-hybridized carbons (Fsp3) is 0.613. The van der Waals surface area contributed by atoms with Crippen LogP contribution in [0.1, 0.15) is 108 Å². The van der Waals surface area contributed by atoms with Crippen molar-refractivity contribution in [1.29, 1.82) is 0 Å². The van der Waals surface area contributed by atoms with E-state index in [9.17, 15) is 0 Å². The molecule has 186 valence electrons. The highest BCUT2D eigenvalue weighted by atomic mass is 19.1. The predicted octanol–water partition coefficient (Wildman–Crippen LogP) is 9.20. The second-order valence-corrected chi connectivity index (χ2v) is 10.6. The second kappa shape index (κ2) is 12.8. The number of hydrogen-bond donors (Lipinski definition) is 0. The first-order valence-corrected chi connectivity index (χ1v) is 13.8. The standard InChI is InChI=1S/C31H43FO2/c1-3-5-6-7-8-9-24-21-33-31(34-22-24)27-16-14-26(15-17-27)29-19-18-28(20-30(29)32)25-12-10-23(4-2)11-13-25/h14-20,23-25,31H,3-13,21-22H2,1-2H3/t23?,24-,25?,31-. The highest BCUT2D eigenvalue weighted by Crippen LogP contribution is 2.38. The molecular weight excluding hydrogens is 423 g/mol. The molecule has 2 fully saturated rings. The summed E-state index contributed by atoms with van der Waals surface area (Å²) in [5.74, 6) is 1.75. The van der Waals surface area contributed by atoms with Gasteiger partial charge in [0.05, 0.1) is 13.2 Å². The summed E-state index contributed by atoms with van der Waals surface area (Å²) in [6.07, 6.45) is 13.6. The molecule has 4 rings (SSSR count). The van der Waals surface area contributed by atoms with Crippen LogP contribution in [-0.2, 0) is 9.47 Å². The molecule has 2 aromatic carbocycles. The highest BCUT2D eigenvalue weighted by Gasteiger charge is 2.24. The van der Waals surface area contributed by atoms with E-state index < -0.39 is 0 Å². The first kappa shape index (κ1) is 25.4. The molecule has 0 amide bonds. The summed E-state index contributed by atoms with van der Waals surface area (Å²) in [4.78, 5) is 0. The Kier molecular flexibility index (Phi) is 9.58. The van der Waals surface area contributed by atoms with E-state index in [1.54, 1.807) is 6.07 Å². The highest BCUT2D eigenvalue weighted by molar-refractivity contribution is 5.65. The lowest BCUT2D eigenvalue weighted by Crippen LogP contribution is -2.27. The Morgan fingerprint density at radius 2 is 1.44 bits per heavy atom. The lowest BCUT2D eigenvalue weighted by Gasteiger charge is -2.29. The van der Waals surface area contributed by atoms with Gasteiger partial charge in [0.15, 0.2) is 6.29 Å². The van der Waals surface area contributed by atoms with E-state index in [-0.39, 0.29) is 12.1 Å². The SMILES string of the molecule is CCCCCCC[C@H]1CO[C@H](c2ccc(-c3ccc(C4CCC(CC)CC4)cc3F)cc2)OC1. The fourth-order valence-electron chi connectivity index (χ4n) is 5.68. The normalized spacial score (nSPS) is 25.4. The van der Waals surface area contributed by atoms with E-state index in [4.69, 9.17) is 9.47 Å². The van der Waals surface area contributed by atoms with Gasteiger partial charge in [0.25, 0.3) is 0 Å². The van der Waals surface area contributed by atoms with E-state index >= 15 is 4.39 Å². The third kappa shape index (κ3) is 6.70. The smallest absolute Gasteiger partial charge is 0.183 e. The third-order valence-electron chi connectivity index (χ3n) is 8.07. The Labute approximate surface area is 206 Å². The molecule has 2 aromatic rings. The van der Waals surface area contributed by atoms with Gasteiger partial charge < -0.3 is 9.47 Å². The average Bonchev–Trinajstić information content (AvgIpc) is 2.89. The van der Waals surface area contributed by atoms with Crippen molar-refractivity contribution in [2.24, 2.45) is 11.8 Å². The van der Waals surface area contributed by atoms with E-state index in [1.807, 2.05) is 30.3 Å². The van der Waals surface area contributed by atoms with Crippen LogP contribution in [0.3, 0.4) is 0 Å². The van der Waals surface area contributed by atoms with Crippen LogP contribution in [0.2, 0.25) is 0 Å². The minimum atomic E-state index is -0.309. The number of halogens is 1. The van der Waals surface area contributed by atoms with Crippen molar-refractivity contribution in [3.8, 4) is 11.1 Å². The maximum Gasteiger partial charge on any atom is 0.183 e. The van der Waals surface area contributed by atoms with E-state index in [2.05, 4.69) is 19.9 Å². The van der Waals surface area contributed by atoms with Gasteiger partial charge in [-0.1, -0.05) is 88.8 Å². The van der Waals surface area contributed by atoms with Crippen molar-refractivity contribution in [3.05, 3.63) is 59.4 Å². The minimum Gasteiger partial charge on any atom is -0.348 e. The van der Waals surface area contributed by atoms with Gasteiger partial charge in [-0.25, -0.2) is 4.39 Å². The van der Waals surface area contributed by atoms with Gasteiger partial charge in [-0.15, -0.1) is 0 Å². The summed E-state index contributed by atoms with van der Waals surface area (Å²) < 4.78 is 27.1. The van der Waals surface area contributed by atoms with Crippen LogP contribution in [0.4, 0.5) is 4.39 Å². The van der Waals surface area contributed by atoms with Crippen LogP contribution < -0.4 is 0 Å². The zero-order chi connectivity index (χ0) is 23.8. The lowest BCUT2D eigenvalue weighted by molar-refractivity contribution is -0.206. The maximum atomic E-state index is 15.1. The molecule has 0 atom stereocenters. The summed E-state index contributed by atoms with van der Waals surface area (Å²) in [5.41, 5.74) is 3.75. The predicted molar refractivity (Wildman–Crippen MR) is 138 cm³/mol. The van der Waals surface area contributed by atoms with Gasteiger partial charge in [0.2, 0.25) is 0 Å². The van der Waals surface area contributed by atoms with Crippen molar-refractivity contribution < 1.29 is 13.9 Å². The Bertz CT molecular complexity index is 862. The van der Waals surface area contributed by atoms with E-state index in [0.29, 0.717) is 17.4 Å². The van der Waals surface area contributed by atoms with Crippen LogP contribution in [0.25, 0.3) is 11.1 Å². The molecule has 1 aliphatic carbocycles. The molecule has 1 aliphatic heterocycles. The second-order valence-electron chi connectivity index (χ2n) is 10.6. The Morgan fingerprint density at radius 3 is 2.09 bits per heavy atom. The molecular formula is C31H43FO2. The van der Waals surface area contributed by atoms with Crippen LogP contribution >= 0.6 is 0 Å². The molecule has 2 aliphatic rings. The largest absolute Gasteiger partial charge is 0.348 e. The van der Waals surface area contributed by atoms with Gasteiger partial charge in [0.1, 0.15) is 5.82 Å². The molecule has 0 unspecified atom stereocenters. The lowest BCUT2D eigenvalue weighted by atomic mass is 9.77. The van der Waals surface area contributed by atoms with E-state index in [1.165, 1.54) is 70.6 Å². The van der Waals surface area contributed by atoms with Gasteiger partial charge in [-0.2, -0.15) is 0 Å². The first-order valence-electron chi connectivity index (χ1n) is 13.8. The number of ether oxygens (including phenoxy) is 2. The van der Waals surface area contributed by atoms with Crippen LogP contribution in [0.15, 0.2) is 42.5 Å². The molecule has 2 nitrogen and oxygen atoms in total. The quantitative estimate of drug-likeness (QED) is 0.325. The van der Waals surface area contributed by atoms with E-state index in [0.717, 1.165) is 35.8 Å². The Hall–Kier alpha value is -1.71. The number of hydrogen-bond acceptors (Lipinski definition) is 2. The third-order valence-corrected chi connectivity index (χ3v) is 8.07. The molecule has 1 heterocycles. The van der Waals surface area contributed by atoms with Gasteiger partial charge in [-0.3, -0.25) is 0 Å². The van der Waals surface area contributed by atoms with Crippen molar-refractivity contribution >= 4 is 0 Å². The van der Waals surface area contributed by atoms with Crippen molar-refractivity contribution in [2.45, 2.75) is 96.7 Å². The van der Waals surface area contributed by atoms with Crippen molar-refractivity contribution in [3.63, 3.8) is 0 Å². The minimum absolute atomic E-state index is 0.116. The average molecular weight is 467 g/mol. The van der Waals surface area contributed by atoms with Crippen molar-refractivity contribution in [2.75, 3.05) is 13.2 Å². The number of unbranched alkanes of at least 4 members (excludes halogenated alkanes) is 4. The summed E-state index contributed by atoms with van der Waals surface area (Å²) in [6, 6.07) is 13.9. The molecule has 0 radical (unpaired) electrons. The molecule has 3 heteroatoms. The molecule has 0 aromatic heterocycles. The van der Waals surface area contributed by atoms with Crippen molar-refractivity contribution in [1.82, 2.24) is 0 Å². The molecule has 1 saturated heterocycles. The van der Waals surface area contributed by atoms with Gasteiger partial charge in [0, 0.05) is 17.0 Å². The molecule has 0 spiro atoms. The van der Waals surface area contributed by atoms with Crippen LogP contribution in [-0.4, -0.2) is 13.2 Å². The number of benzene rings is 2. The summed E-state index contributed by atoms with van der Waals surface area (Å²) in [5, 5.41) is 0. The van der Waals surface area contributed by atoms with Crippen LogP contribution in [0.5, 0.6) is 0 Å². The zero-order valence-electron chi connectivity index (χ0n) is 21.2. The maximum absolute atomic E-state index is 15.1. The molecule has 1 saturated carbocycles.